The summed E-state index contributed by atoms with van der Waals surface area (Å²) in [4.78, 5) is 26.4. The summed E-state index contributed by atoms with van der Waals surface area (Å²) in [5.74, 6) is 1.12. The largest absolute Gasteiger partial charge is 0.497 e. The maximum Gasteiger partial charge on any atom is 0.257 e. The van der Waals surface area contributed by atoms with Crippen LogP contribution in [0.3, 0.4) is 0 Å². The van der Waals surface area contributed by atoms with Crippen molar-refractivity contribution in [2.24, 2.45) is 0 Å². The van der Waals surface area contributed by atoms with Crippen LogP contribution in [0.4, 0.5) is 5.69 Å². The van der Waals surface area contributed by atoms with Gasteiger partial charge in [0.15, 0.2) is 11.5 Å². The van der Waals surface area contributed by atoms with Gasteiger partial charge in [0.25, 0.3) is 5.91 Å². The summed E-state index contributed by atoms with van der Waals surface area (Å²) in [5, 5.41) is 2.74. The molecule has 0 saturated carbocycles. The van der Waals surface area contributed by atoms with Crippen molar-refractivity contribution in [3.05, 3.63) is 42.0 Å². The number of carbonyl (C=O) groups excluding carboxylic acids is 2. The smallest absolute Gasteiger partial charge is 0.257 e. The number of nitrogens with zero attached hydrogens (tertiary/aromatic N) is 1. The molecular formula is C20H24N2O6. The van der Waals surface area contributed by atoms with Crippen LogP contribution in [0.25, 0.3) is 0 Å². The van der Waals surface area contributed by atoms with E-state index in [9.17, 15) is 9.59 Å². The van der Waals surface area contributed by atoms with Crippen molar-refractivity contribution in [2.75, 3.05) is 47.3 Å². The summed E-state index contributed by atoms with van der Waals surface area (Å²) in [6.45, 7) is -0.137. The molecule has 0 saturated heterocycles. The summed E-state index contributed by atoms with van der Waals surface area (Å²) < 4.78 is 20.8. The molecule has 0 spiro atoms. The number of carbonyl (C=O) groups is 2. The average molecular weight is 388 g/mol. The average Bonchev–Trinajstić information content (AvgIpc) is 2.72. The molecule has 1 N–H and O–H groups in total. The summed E-state index contributed by atoms with van der Waals surface area (Å²) in [5.41, 5.74) is 0.871. The quantitative estimate of drug-likeness (QED) is 0.748. The van der Waals surface area contributed by atoms with Gasteiger partial charge < -0.3 is 29.2 Å². The number of hydrogen-bond acceptors (Lipinski definition) is 6. The Bertz CT molecular complexity index is 835. The predicted octanol–water partition coefficient (Wildman–Crippen LogP) is 2.43. The third kappa shape index (κ3) is 4.85. The molecule has 2 amide bonds. The zero-order valence-electron chi connectivity index (χ0n) is 16.6. The fourth-order valence-electron chi connectivity index (χ4n) is 2.56. The number of methoxy groups -OCH3 is 4. The number of ether oxygens (including phenoxy) is 4. The molecule has 2 rings (SSSR count). The van der Waals surface area contributed by atoms with Crippen LogP contribution in [-0.4, -0.2) is 58.7 Å². The van der Waals surface area contributed by atoms with E-state index >= 15 is 0 Å². The molecule has 0 bridgehead atoms. The number of hydrogen-bond donors (Lipinski definition) is 1. The second-order valence-corrected chi connectivity index (χ2v) is 5.85. The zero-order valence-corrected chi connectivity index (χ0v) is 16.6. The van der Waals surface area contributed by atoms with Crippen LogP contribution in [0.1, 0.15) is 10.4 Å². The van der Waals surface area contributed by atoms with E-state index in [1.807, 2.05) is 0 Å². The Morgan fingerprint density at radius 2 is 1.43 bits per heavy atom. The highest BCUT2D eigenvalue weighted by Gasteiger charge is 2.22. The SMILES string of the molecule is COc1ccc(NC(=O)CN(C)C(=O)c2cc(OC)c(OC)cc2OC)cc1. The molecular weight excluding hydrogens is 364 g/mol. The third-order valence-electron chi connectivity index (χ3n) is 4.04. The van der Waals surface area contributed by atoms with Crippen LogP contribution in [-0.2, 0) is 4.79 Å². The second kappa shape index (κ2) is 9.50. The van der Waals surface area contributed by atoms with Crippen molar-refractivity contribution in [1.82, 2.24) is 4.90 Å². The van der Waals surface area contributed by atoms with Crippen molar-refractivity contribution in [1.29, 1.82) is 0 Å². The Labute approximate surface area is 163 Å². The molecule has 0 unspecified atom stereocenters. The Morgan fingerprint density at radius 1 is 0.857 bits per heavy atom. The van der Waals surface area contributed by atoms with Gasteiger partial charge in [0.05, 0.1) is 40.5 Å². The van der Waals surface area contributed by atoms with Gasteiger partial charge in [0, 0.05) is 24.9 Å². The Balaban J connectivity index is 2.11. The highest BCUT2D eigenvalue weighted by atomic mass is 16.5. The molecule has 2 aromatic carbocycles. The minimum absolute atomic E-state index is 0.137. The highest BCUT2D eigenvalue weighted by Crippen LogP contribution is 2.35. The molecule has 0 radical (unpaired) electrons. The van der Waals surface area contributed by atoms with E-state index in [2.05, 4.69) is 5.32 Å². The van der Waals surface area contributed by atoms with Gasteiger partial charge in [0.1, 0.15) is 11.5 Å². The first-order valence-corrected chi connectivity index (χ1v) is 8.42. The fraction of sp³-hybridized carbons (Fsp3) is 0.300. The van der Waals surface area contributed by atoms with Gasteiger partial charge in [-0.3, -0.25) is 9.59 Å². The van der Waals surface area contributed by atoms with Gasteiger partial charge >= 0.3 is 0 Å². The number of amides is 2. The van der Waals surface area contributed by atoms with E-state index < -0.39 is 0 Å². The van der Waals surface area contributed by atoms with Gasteiger partial charge in [-0.25, -0.2) is 0 Å². The molecule has 0 heterocycles. The molecule has 8 heteroatoms. The van der Waals surface area contributed by atoms with Crippen molar-refractivity contribution < 1.29 is 28.5 Å². The third-order valence-corrected chi connectivity index (χ3v) is 4.04. The Morgan fingerprint density at radius 3 is 1.96 bits per heavy atom. The molecule has 0 aliphatic carbocycles. The summed E-state index contributed by atoms with van der Waals surface area (Å²) >= 11 is 0. The van der Waals surface area contributed by atoms with E-state index in [0.29, 0.717) is 28.7 Å². The fourth-order valence-corrected chi connectivity index (χ4v) is 2.56. The topological polar surface area (TPSA) is 86.3 Å². The standard InChI is InChI=1S/C20H24N2O6/c1-22(12-19(23)21-13-6-8-14(25-2)9-7-13)20(24)15-10-17(27-4)18(28-5)11-16(15)26-3/h6-11H,12H2,1-5H3,(H,21,23). The first-order chi connectivity index (χ1) is 13.4. The maximum absolute atomic E-state index is 12.8. The molecule has 0 aromatic heterocycles. The maximum atomic E-state index is 12.8. The van der Waals surface area contributed by atoms with Gasteiger partial charge in [-0.15, -0.1) is 0 Å². The van der Waals surface area contributed by atoms with Crippen molar-refractivity contribution in [3.8, 4) is 23.0 Å². The van der Waals surface area contributed by atoms with Gasteiger partial charge in [0.2, 0.25) is 5.91 Å². The number of anilines is 1. The summed E-state index contributed by atoms with van der Waals surface area (Å²) in [6, 6.07) is 10.00. The molecule has 0 fully saturated rings. The van der Waals surface area contributed by atoms with Crippen LogP contribution >= 0.6 is 0 Å². The van der Waals surface area contributed by atoms with Gasteiger partial charge in [-0.05, 0) is 24.3 Å². The minimum Gasteiger partial charge on any atom is -0.497 e. The van der Waals surface area contributed by atoms with E-state index in [1.165, 1.54) is 39.3 Å². The van der Waals surface area contributed by atoms with Crippen molar-refractivity contribution >= 4 is 17.5 Å². The van der Waals surface area contributed by atoms with E-state index in [0.717, 1.165) is 0 Å². The Hall–Kier alpha value is -3.42. The lowest BCUT2D eigenvalue weighted by Crippen LogP contribution is -2.35. The molecule has 0 aliphatic rings. The number of likely N-dealkylation sites (N-methyl/N-ethyl adjacent to an activating group) is 1. The van der Waals surface area contributed by atoms with E-state index in [-0.39, 0.29) is 23.9 Å². The van der Waals surface area contributed by atoms with Crippen molar-refractivity contribution in [3.63, 3.8) is 0 Å². The lowest BCUT2D eigenvalue weighted by molar-refractivity contribution is -0.116. The monoisotopic (exact) mass is 388 g/mol. The van der Waals surface area contributed by atoms with Crippen LogP contribution in [0.5, 0.6) is 23.0 Å². The number of nitrogens with one attached hydrogen (secondary N) is 1. The van der Waals surface area contributed by atoms with Gasteiger partial charge in [-0.1, -0.05) is 0 Å². The van der Waals surface area contributed by atoms with Gasteiger partial charge in [-0.2, -0.15) is 0 Å². The van der Waals surface area contributed by atoms with E-state index in [1.54, 1.807) is 37.4 Å². The minimum atomic E-state index is -0.386. The molecule has 150 valence electrons. The van der Waals surface area contributed by atoms with Crippen LogP contribution in [0, 0.1) is 0 Å². The lowest BCUT2D eigenvalue weighted by atomic mass is 10.1. The molecule has 8 nitrogen and oxygen atoms in total. The molecule has 0 atom stereocenters. The van der Waals surface area contributed by atoms with E-state index in [4.69, 9.17) is 18.9 Å². The molecule has 2 aromatic rings. The molecule has 28 heavy (non-hydrogen) atoms. The predicted molar refractivity (Wildman–Crippen MR) is 105 cm³/mol. The Kier molecular flexibility index (Phi) is 7.08. The van der Waals surface area contributed by atoms with Crippen LogP contribution in [0.15, 0.2) is 36.4 Å². The lowest BCUT2D eigenvalue weighted by Gasteiger charge is -2.19. The van der Waals surface area contributed by atoms with Crippen molar-refractivity contribution in [2.45, 2.75) is 0 Å². The number of benzene rings is 2. The summed E-state index contributed by atoms with van der Waals surface area (Å²) in [7, 11) is 7.52. The normalized spacial score (nSPS) is 10.0. The zero-order chi connectivity index (χ0) is 20.7. The van der Waals surface area contributed by atoms with Crippen LogP contribution < -0.4 is 24.3 Å². The first kappa shape index (κ1) is 20.9. The number of rotatable bonds is 8. The van der Waals surface area contributed by atoms with Crippen LogP contribution in [0.2, 0.25) is 0 Å². The second-order valence-electron chi connectivity index (χ2n) is 5.85. The first-order valence-electron chi connectivity index (χ1n) is 8.42. The summed E-state index contributed by atoms with van der Waals surface area (Å²) in [6.07, 6.45) is 0. The molecule has 0 aliphatic heterocycles. The highest BCUT2D eigenvalue weighted by molar-refractivity contribution is 6.01.